The quantitative estimate of drug-likeness (QED) is 0.892. The molecule has 0 amide bonds. The molecule has 2 rings (SSSR count). The van der Waals surface area contributed by atoms with E-state index in [1.165, 1.54) is 23.5 Å². The van der Waals surface area contributed by atoms with Gasteiger partial charge in [0.1, 0.15) is 0 Å². The number of sulfonamides is 1. The van der Waals surface area contributed by atoms with E-state index in [2.05, 4.69) is 4.72 Å². The topological polar surface area (TPSA) is 66.4 Å². The number of aliphatic hydroxyl groups excluding tert-OH is 1. The average molecular weight is 269 g/mol. The van der Waals surface area contributed by atoms with Crippen LogP contribution >= 0.6 is 11.3 Å². The minimum Gasteiger partial charge on any atom is -0.392 e. The maximum atomic E-state index is 12.0. The van der Waals surface area contributed by atoms with Crippen LogP contribution in [-0.2, 0) is 16.6 Å². The highest BCUT2D eigenvalue weighted by Gasteiger charge is 2.14. The molecular weight excluding hydrogens is 258 g/mol. The van der Waals surface area contributed by atoms with Crippen LogP contribution in [0.2, 0.25) is 0 Å². The number of hydrogen-bond acceptors (Lipinski definition) is 4. The number of aliphatic hydroxyl groups is 1. The molecule has 0 saturated carbocycles. The fraction of sp³-hybridized carbons (Fsp3) is 0.0909. The van der Waals surface area contributed by atoms with Crippen LogP contribution in [0.25, 0.3) is 0 Å². The monoisotopic (exact) mass is 269 g/mol. The lowest BCUT2D eigenvalue weighted by molar-refractivity contribution is 0.281. The van der Waals surface area contributed by atoms with E-state index >= 15 is 0 Å². The Labute approximate surface area is 104 Å². The molecule has 6 heteroatoms. The van der Waals surface area contributed by atoms with Crippen molar-refractivity contribution >= 4 is 27.0 Å². The molecular formula is C11H11NO3S2. The maximum absolute atomic E-state index is 12.0. The number of nitrogens with one attached hydrogen (secondary N) is 1. The van der Waals surface area contributed by atoms with E-state index < -0.39 is 10.0 Å². The van der Waals surface area contributed by atoms with Crippen LogP contribution in [-0.4, -0.2) is 13.5 Å². The number of hydrogen-bond donors (Lipinski definition) is 2. The first kappa shape index (κ1) is 12.1. The summed E-state index contributed by atoms with van der Waals surface area (Å²) in [5, 5.41) is 12.5. The summed E-state index contributed by atoms with van der Waals surface area (Å²) < 4.78 is 26.4. The first-order valence-corrected chi connectivity index (χ1v) is 7.29. The van der Waals surface area contributed by atoms with E-state index in [1.54, 1.807) is 29.0 Å². The Kier molecular flexibility index (Phi) is 3.46. The standard InChI is InChI=1S/C11H11NO3S2/c13-7-9-2-1-3-11(6-9)17(14,15)12-10-4-5-16-8-10/h1-6,8,12-13H,7H2. The summed E-state index contributed by atoms with van der Waals surface area (Å²) in [6.07, 6.45) is 0. The first-order valence-electron chi connectivity index (χ1n) is 4.86. The zero-order valence-electron chi connectivity index (χ0n) is 8.83. The molecule has 17 heavy (non-hydrogen) atoms. The molecule has 1 heterocycles. The van der Waals surface area contributed by atoms with E-state index in [-0.39, 0.29) is 11.5 Å². The van der Waals surface area contributed by atoms with Crippen molar-refractivity contribution in [2.24, 2.45) is 0 Å². The lowest BCUT2D eigenvalue weighted by atomic mass is 10.2. The van der Waals surface area contributed by atoms with Gasteiger partial charge in [-0.25, -0.2) is 8.42 Å². The Balaban J connectivity index is 2.31. The predicted octanol–water partition coefficient (Wildman–Crippen LogP) is 2.04. The number of rotatable bonds is 4. The van der Waals surface area contributed by atoms with Gasteiger partial charge in [-0.1, -0.05) is 12.1 Å². The largest absolute Gasteiger partial charge is 0.392 e. The van der Waals surface area contributed by atoms with Crippen molar-refractivity contribution in [2.45, 2.75) is 11.5 Å². The molecule has 0 radical (unpaired) electrons. The Hall–Kier alpha value is -1.37. The second kappa shape index (κ2) is 4.87. The fourth-order valence-electron chi connectivity index (χ4n) is 1.35. The third kappa shape index (κ3) is 2.85. The van der Waals surface area contributed by atoms with Gasteiger partial charge in [0, 0.05) is 5.38 Å². The molecule has 0 saturated heterocycles. The Bertz CT molecular complexity index is 591. The highest BCUT2D eigenvalue weighted by molar-refractivity contribution is 7.92. The average Bonchev–Trinajstić information content (AvgIpc) is 2.81. The van der Waals surface area contributed by atoms with Crippen molar-refractivity contribution in [3.05, 3.63) is 46.7 Å². The Morgan fingerprint density at radius 2 is 2.12 bits per heavy atom. The zero-order chi connectivity index (χ0) is 12.3. The van der Waals surface area contributed by atoms with Crippen LogP contribution in [0.5, 0.6) is 0 Å². The van der Waals surface area contributed by atoms with Crippen LogP contribution < -0.4 is 4.72 Å². The zero-order valence-corrected chi connectivity index (χ0v) is 10.5. The molecule has 0 atom stereocenters. The van der Waals surface area contributed by atoms with Gasteiger partial charge in [-0.05, 0) is 29.1 Å². The summed E-state index contributed by atoms with van der Waals surface area (Å²) >= 11 is 1.42. The van der Waals surface area contributed by atoms with E-state index in [4.69, 9.17) is 5.11 Å². The lowest BCUT2D eigenvalue weighted by Crippen LogP contribution is -2.12. The minimum atomic E-state index is -3.57. The van der Waals surface area contributed by atoms with Gasteiger partial charge < -0.3 is 5.11 Å². The van der Waals surface area contributed by atoms with Gasteiger partial charge in [0.2, 0.25) is 0 Å². The molecule has 2 N–H and O–H groups in total. The van der Waals surface area contributed by atoms with E-state index in [1.807, 2.05) is 0 Å². The summed E-state index contributed by atoms with van der Waals surface area (Å²) in [6.45, 7) is -0.179. The normalized spacial score (nSPS) is 11.4. The van der Waals surface area contributed by atoms with Crippen LogP contribution in [0.1, 0.15) is 5.56 Å². The predicted molar refractivity (Wildman–Crippen MR) is 67.5 cm³/mol. The molecule has 0 aliphatic rings. The van der Waals surface area contributed by atoms with Crippen molar-refractivity contribution < 1.29 is 13.5 Å². The van der Waals surface area contributed by atoms with Gasteiger partial charge in [0.25, 0.3) is 10.0 Å². The van der Waals surface area contributed by atoms with Crippen LogP contribution in [0.15, 0.2) is 46.0 Å². The summed E-state index contributed by atoms with van der Waals surface area (Å²) in [7, 11) is -3.57. The minimum absolute atomic E-state index is 0.148. The van der Waals surface area contributed by atoms with Crippen LogP contribution in [0.4, 0.5) is 5.69 Å². The molecule has 0 spiro atoms. The van der Waals surface area contributed by atoms with Gasteiger partial charge in [0.05, 0.1) is 17.2 Å². The molecule has 1 aromatic carbocycles. The van der Waals surface area contributed by atoms with Crippen LogP contribution in [0, 0.1) is 0 Å². The van der Waals surface area contributed by atoms with Crippen molar-refractivity contribution in [2.75, 3.05) is 4.72 Å². The smallest absolute Gasteiger partial charge is 0.261 e. The first-order chi connectivity index (χ1) is 8.12. The summed E-state index contributed by atoms with van der Waals surface area (Å²) in [5.74, 6) is 0. The highest BCUT2D eigenvalue weighted by atomic mass is 32.2. The molecule has 0 fully saturated rings. The molecule has 0 unspecified atom stereocenters. The van der Waals surface area contributed by atoms with Gasteiger partial charge in [-0.15, -0.1) is 0 Å². The SMILES string of the molecule is O=S(=O)(Nc1ccsc1)c1cccc(CO)c1. The molecule has 0 aliphatic carbocycles. The fourth-order valence-corrected chi connectivity index (χ4v) is 3.13. The van der Waals surface area contributed by atoms with Crippen LogP contribution in [0.3, 0.4) is 0 Å². The molecule has 1 aromatic heterocycles. The Morgan fingerprint density at radius 3 is 2.76 bits per heavy atom. The summed E-state index contributed by atoms with van der Waals surface area (Å²) in [6, 6.07) is 7.91. The van der Waals surface area contributed by atoms with Crippen molar-refractivity contribution in [3.63, 3.8) is 0 Å². The molecule has 0 aliphatic heterocycles. The number of anilines is 1. The van der Waals surface area contributed by atoms with Gasteiger partial charge in [-0.2, -0.15) is 11.3 Å². The molecule has 2 aromatic rings. The summed E-state index contributed by atoms with van der Waals surface area (Å²) in [5.41, 5.74) is 1.11. The molecule has 0 bridgehead atoms. The van der Waals surface area contributed by atoms with E-state index in [0.29, 0.717) is 11.3 Å². The van der Waals surface area contributed by atoms with Crippen molar-refractivity contribution in [3.8, 4) is 0 Å². The molecule has 90 valence electrons. The number of benzene rings is 1. The van der Waals surface area contributed by atoms with Gasteiger partial charge in [-0.3, -0.25) is 4.72 Å². The van der Waals surface area contributed by atoms with Gasteiger partial charge in [0.15, 0.2) is 0 Å². The number of thiophene rings is 1. The molecule has 4 nitrogen and oxygen atoms in total. The second-order valence-corrected chi connectivity index (χ2v) is 5.89. The lowest BCUT2D eigenvalue weighted by Gasteiger charge is -2.07. The van der Waals surface area contributed by atoms with Crippen molar-refractivity contribution in [1.82, 2.24) is 0 Å². The van der Waals surface area contributed by atoms with E-state index in [9.17, 15) is 8.42 Å². The van der Waals surface area contributed by atoms with Crippen molar-refractivity contribution in [1.29, 1.82) is 0 Å². The maximum Gasteiger partial charge on any atom is 0.261 e. The summed E-state index contributed by atoms with van der Waals surface area (Å²) in [4.78, 5) is 0.148. The third-order valence-electron chi connectivity index (χ3n) is 2.16. The Morgan fingerprint density at radius 1 is 1.29 bits per heavy atom. The third-order valence-corrected chi connectivity index (χ3v) is 4.23. The van der Waals surface area contributed by atoms with Gasteiger partial charge >= 0.3 is 0 Å². The second-order valence-electron chi connectivity index (χ2n) is 3.42. The van der Waals surface area contributed by atoms with E-state index in [0.717, 1.165) is 0 Å². The highest BCUT2D eigenvalue weighted by Crippen LogP contribution is 2.19.